The number of ether oxygens (including phenoxy) is 2. The molecule has 0 atom stereocenters. The lowest BCUT2D eigenvalue weighted by Crippen LogP contribution is -2.33. The lowest BCUT2D eigenvalue weighted by Gasteiger charge is -2.34. The molecule has 6 heteroatoms. The van der Waals surface area contributed by atoms with Crippen molar-refractivity contribution in [3.8, 4) is 0 Å². The number of rotatable bonds is 5. The second-order valence-electron chi connectivity index (χ2n) is 8.26. The molecule has 2 aliphatic rings. The molecule has 0 N–H and O–H groups in total. The quantitative estimate of drug-likeness (QED) is 0.286. The number of thioether (sulfide) groups is 1. The molecule has 0 aromatic heterocycles. The van der Waals surface area contributed by atoms with E-state index in [0.717, 1.165) is 42.5 Å². The number of nitrogens with zero attached hydrogens (tertiary/aromatic N) is 2. The van der Waals surface area contributed by atoms with Crippen LogP contribution in [0.5, 0.6) is 0 Å². The Balaban J connectivity index is 1.74. The van der Waals surface area contributed by atoms with Gasteiger partial charge in [0.25, 0.3) is 0 Å². The predicted molar refractivity (Wildman–Crippen MR) is 136 cm³/mol. The molecular weight excluding hydrogens is 432 g/mol. The molecule has 172 valence electrons. The number of aliphatic imine (C=N–C) groups is 2. The monoisotopic (exact) mass is 462 g/mol. The van der Waals surface area contributed by atoms with Gasteiger partial charge in [0.2, 0.25) is 5.90 Å². The van der Waals surface area contributed by atoms with E-state index in [4.69, 9.17) is 19.5 Å². The first kappa shape index (κ1) is 23.3. The topological polar surface area (TPSA) is 60.2 Å². The zero-order valence-electron chi connectivity index (χ0n) is 19.3. The number of hydrogen-bond acceptors (Lipinski definition) is 5. The van der Waals surface area contributed by atoms with Crippen LogP contribution in [0.15, 0.2) is 76.2 Å². The number of amidine groups is 1. The summed E-state index contributed by atoms with van der Waals surface area (Å²) in [5.74, 6) is 0.450. The summed E-state index contributed by atoms with van der Waals surface area (Å²) in [6.45, 7) is 4.33. The minimum Gasteiger partial charge on any atom is -0.466 e. The summed E-state index contributed by atoms with van der Waals surface area (Å²) < 4.78 is 11.8. The molecule has 0 saturated heterocycles. The minimum absolute atomic E-state index is 0.144. The molecule has 0 radical (unpaired) electrons. The Morgan fingerprint density at radius 3 is 2.36 bits per heavy atom. The van der Waals surface area contributed by atoms with Crippen LogP contribution in [0.4, 0.5) is 5.69 Å². The molecule has 1 aliphatic carbocycles. The molecule has 1 fully saturated rings. The van der Waals surface area contributed by atoms with Crippen molar-refractivity contribution in [2.75, 3.05) is 12.4 Å². The van der Waals surface area contributed by atoms with Gasteiger partial charge in [-0.15, -0.1) is 0 Å². The highest BCUT2D eigenvalue weighted by molar-refractivity contribution is 8.14. The zero-order chi connectivity index (χ0) is 23.1. The predicted octanol–water partition coefficient (Wildman–Crippen LogP) is 6.58. The summed E-state index contributed by atoms with van der Waals surface area (Å²) in [7, 11) is 0. The highest BCUT2D eigenvalue weighted by atomic mass is 32.2. The van der Waals surface area contributed by atoms with Gasteiger partial charge in [-0.2, -0.15) is 4.99 Å². The summed E-state index contributed by atoms with van der Waals surface area (Å²) in [5, 5.41) is 0.485. The Hall–Kier alpha value is -2.86. The van der Waals surface area contributed by atoms with Crippen LogP contribution in [-0.2, 0) is 14.3 Å². The fraction of sp³-hybridized carbons (Fsp3) is 0.370. The molecule has 1 heterocycles. The first-order valence-corrected chi connectivity index (χ1v) is 12.6. The molecule has 1 saturated carbocycles. The second-order valence-corrected chi connectivity index (χ2v) is 9.21. The molecule has 5 nitrogen and oxygen atoms in total. The van der Waals surface area contributed by atoms with Gasteiger partial charge in [-0.05, 0) is 62.8 Å². The van der Waals surface area contributed by atoms with Crippen LogP contribution in [0, 0.1) is 0 Å². The molecular formula is C27H30N2O3S. The Bertz CT molecular complexity index is 1060. The van der Waals surface area contributed by atoms with E-state index in [1.54, 1.807) is 6.92 Å². The molecule has 33 heavy (non-hydrogen) atoms. The van der Waals surface area contributed by atoms with E-state index in [9.17, 15) is 4.79 Å². The van der Waals surface area contributed by atoms with Crippen LogP contribution in [0.2, 0.25) is 0 Å². The van der Waals surface area contributed by atoms with E-state index in [-0.39, 0.29) is 17.3 Å². The maximum absolute atomic E-state index is 12.0. The molecule has 1 aliphatic heterocycles. The summed E-state index contributed by atoms with van der Waals surface area (Å²) >= 11 is 1.27. The van der Waals surface area contributed by atoms with E-state index < -0.39 is 0 Å². The van der Waals surface area contributed by atoms with Gasteiger partial charge in [-0.1, -0.05) is 66.7 Å². The van der Waals surface area contributed by atoms with Crippen LogP contribution in [-0.4, -0.2) is 35.0 Å². The highest BCUT2D eigenvalue weighted by Crippen LogP contribution is 2.46. The van der Waals surface area contributed by atoms with Gasteiger partial charge in [0.1, 0.15) is 5.60 Å². The van der Waals surface area contributed by atoms with E-state index in [1.165, 1.54) is 23.8 Å². The number of carbonyl (C=O) groups excluding carboxylic acids is 1. The summed E-state index contributed by atoms with van der Waals surface area (Å²) in [6, 6.07) is 19.9. The van der Waals surface area contributed by atoms with Crippen molar-refractivity contribution < 1.29 is 14.3 Å². The number of carbonyl (C=O) groups is 1. The van der Waals surface area contributed by atoms with Crippen molar-refractivity contribution in [3.05, 3.63) is 71.8 Å². The lowest BCUT2D eigenvalue weighted by molar-refractivity contribution is -0.139. The van der Waals surface area contributed by atoms with Gasteiger partial charge in [0, 0.05) is 5.57 Å². The van der Waals surface area contributed by atoms with Gasteiger partial charge in [-0.3, -0.25) is 4.79 Å². The molecule has 4 rings (SSSR count). The van der Waals surface area contributed by atoms with Crippen molar-refractivity contribution in [1.82, 2.24) is 0 Å². The Kier molecular flexibility index (Phi) is 7.65. The third-order valence-corrected chi connectivity index (χ3v) is 6.91. The van der Waals surface area contributed by atoms with Crippen LogP contribution in [0.1, 0.15) is 51.5 Å². The molecule has 2 aromatic carbocycles. The van der Waals surface area contributed by atoms with E-state index in [1.807, 2.05) is 48.5 Å². The van der Waals surface area contributed by atoms with Crippen molar-refractivity contribution in [3.63, 3.8) is 0 Å². The first-order valence-electron chi connectivity index (χ1n) is 11.6. The van der Waals surface area contributed by atoms with Crippen molar-refractivity contribution in [1.29, 1.82) is 0 Å². The van der Waals surface area contributed by atoms with Gasteiger partial charge in [0.05, 0.1) is 18.0 Å². The number of benzene rings is 2. The highest BCUT2D eigenvalue weighted by Gasteiger charge is 2.45. The Morgan fingerprint density at radius 2 is 1.70 bits per heavy atom. The third kappa shape index (κ3) is 5.56. The number of hydrogen-bond donors (Lipinski definition) is 0. The van der Waals surface area contributed by atoms with Crippen LogP contribution < -0.4 is 0 Å². The van der Waals surface area contributed by atoms with E-state index >= 15 is 0 Å². The molecule has 2 aromatic rings. The largest absolute Gasteiger partial charge is 0.466 e. The standard InChI is InChI=1S/C27H30N2O3S/c1-3-31-23(30)19-33-26(28-22-15-9-5-10-16-22)29-25-24(21-13-7-4-8-14-21)20(2)27(32-25)17-11-6-12-18-27/h4-5,7-10,13-16H,3,6,11-12,17-19H2,1-2H3. The maximum Gasteiger partial charge on any atom is 0.316 e. The van der Waals surface area contributed by atoms with Crippen LogP contribution in [0.3, 0.4) is 0 Å². The van der Waals surface area contributed by atoms with Crippen LogP contribution in [0.25, 0.3) is 5.57 Å². The van der Waals surface area contributed by atoms with Gasteiger partial charge < -0.3 is 9.47 Å². The average Bonchev–Trinajstić information content (AvgIpc) is 3.09. The fourth-order valence-electron chi connectivity index (χ4n) is 4.44. The summed E-state index contributed by atoms with van der Waals surface area (Å²) in [4.78, 5) is 21.7. The van der Waals surface area contributed by atoms with Gasteiger partial charge >= 0.3 is 5.97 Å². The third-order valence-electron chi connectivity index (χ3n) is 6.09. The normalized spacial score (nSPS) is 19.1. The summed E-state index contributed by atoms with van der Waals surface area (Å²) in [5.41, 5.74) is 3.84. The SMILES string of the molecule is CCOC(=O)CSC(=Nc1ccccc1)N=C1OC2(CCCCC2)C(C)=C1c1ccccc1. The Labute approximate surface area is 200 Å². The average molecular weight is 463 g/mol. The zero-order valence-corrected chi connectivity index (χ0v) is 20.1. The van der Waals surface area contributed by atoms with Crippen molar-refractivity contribution in [2.45, 2.75) is 51.6 Å². The Morgan fingerprint density at radius 1 is 1.03 bits per heavy atom. The van der Waals surface area contributed by atoms with Gasteiger partial charge in [-0.25, -0.2) is 4.99 Å². The molecule has 0 amide bonds. The minimum atomic E-state index is -0.300. The van der Waals surface area contributed by atoms with Crippen molar-refractivity contribution >= 4 is 40.1 Å². The van der Waals surface area contributed by atoms with Gasteiger partial charge in [0.15, 0.2) is 5.17 Å². The lowest BCUT2D eigenvalue weighted by atomic mass is 9.79. The second kappa shape index (κ2) is 10.8. The maximum atomic E-state index is 12.0. The van der Waals surface area contributed by atoms with Crippen molar-refractivity contribution in [2.24, 2.45) is 9.98 Å². The number of esters is 1. The van der Waals surface area contributed by atoms with E-state index in [0.29, 0.717) is 17.7 Å². The van der Waals surface area contributed by atoms with Crippen LogP contribution >= 0.6 is 11.8 Å². The molecule has 0 bridgehead atoms. The fourth-order valence-corrected chi connectivity index (χ4v) is 5.09. The first-order chi connectivity index (χ1) is 16.1. The van der Waals surface area contributed by atoms with E-state index in [2.05, 4.69) is 19.1 Å². The number of para-hydroxylation sites is 1. The smallest absolute Gasteiger partial charge is 0.316 e. The molecule has 1 spiro atoms. The summed E-state index contributed by atoms with van der Waals surface area (Å²) in [6.07, 6.45) is 5.52. The molecule has 0 unspecified atom stereocenters.